The Hall–Kier alpha value is -2.39. The molecule has 1 saturated heterocycles. The Morgan fingerprint density at radius 2 is 1.97 bits per heavy atom. The molecule has 2 aromatic rings. The lowest BCUT2D eigenvalue weighted by Gasteiger charge is -2.30. The Morgan fingerprint density at radius 1 is 1.29 bits per heavy atom. The zero-order valence-corrected chi connectivity index (χ0v) is 20.1. The molecule has 0 radical (unpaired) electrons. The van der Waals surface area contributed by atoms with E-state index in [0.29, 0.717) is 6.54 Å². The van der Waals surface area contributed by atoms with Crippen molar-refractivity contribution in [2.45, 2.75) is 38.4 Å². The lowest BCUT2D eigenvalue weighted by atomic mass is 10.0. The maximum absolute atomic E-state index is 13.5. The van der Waals surface area contributed by atoms with Gasteiger partial charge < -0.3 is 24.8 Å². The summed E-state index contributed by atoms with van der Waals surface area (Å²) in [7, 11) is 5.32. The number of hydrogen-bond acceptors (Lipinski definition) is 5. The van der Waals surface area contributed by atoms with Crippen LogP contribution >= 0.6 is 15.9 Å². The quantitative estimate of drug-likeness (QED) is 0.645. The summed E-state index contributed by atoms with van der Waals surface area (Å²) in [5.74, 6) is 0.535. The van der Waals surface area contributed by atoms with Crippen molar-refractivity contribution in [3.63, 3.8) is 0 Å². The van der Waals surface area contributed by atoms with Crippen LogP contribution in [0.1, 0.15) is 32.1 Å². The molecule has 1 unspecified atom stereocenters. The van der Waals surface area contributed by atoms with Crippen molar-refractivity contribution in [1.82, 2.24) is 25.1 Å². The molecule has 31 heavy (non-hydrogen) atoms. The van der Waals surface area contributed by atoms with Crippen LogP contribution in [0.5, 0.6) is 0 Å². The van der Waals surface area contributed by atoms with Crippen LogP contribution in [0.15, 0.2) is 34.9 Å². The number of nitrogens with zero attached hydrogens (tertiary/aromatic N) is 3. The molecule has 2 amide bonds. The van der Waals surface area contributed by atoms with E-state index in [9.17, 15) is 9.59 Å². The van der Waals surface area contributed by atoms with Crippen molar-refractivity contribution in [2.24, 2.45) is 5.92 Å². The predicted octanol–water partition coefficient (Wildman–Crippen LogP) is 3.42. The smallest absolute Gasteiger partial charge is 0.407 e. The number of likely N-dealkylation sites (N-methyl/N-ethyl adjacent to an activating group) is 1. The third-order valence-electron chi connectivity index (χ3n) is 5.74. The van der Waals surface area contributed by atoms with E-state index in [1.807, 2.05) is 63.3 Å². The van der Waals surface area contributed by atoms with E-state index < -0.39 is 12.1 Å². The zero-order valence-electron chi connectivity index (χ0n) is 18.6. The second-order valence-corrected chi connectivity index (χ2v) is 9.31. The molecule has 3 atom stereocenters. The number of rotatable bonds is 6. The van der Waals surface area contributed by atoms with Gasteiger partial charge in [-0.3, -0.25) is 4.79 Å². The van der Waals surface area contributed by atoms with E-state index in [-0.39, 0.29) is 23.9 Å². The number of amides is 2. The number of imidazole rings is 1. The number of carbonyl (C=O) groups is 2. The summed E-state index contributed by atoms with van der Waals surface area (Å²) in [6.07, 6.45) is 2.02. The number of alkyl carbamates (subject to hydrolysis) is 1. The fourth-order valence-corrected chi connectivity index (χ4v) is 4.11. The summed E-state index contributed by atoms with van der Waals surface area (Å²) in [5, 5.41) is 2.69. The molecular weight excluding hydrogens is 462 g/mol. The number of halogens is 1. The van der Waals surface area contributed by atoms with Crippen LogP contribution in [0.25, 0.3) is 11.3 Å². The molecule has 0 saturated carbocycles. The van der Waals surface area contributed by atoms with Crippen LogP contribution in [0, 0.1) is 5.92 Å². The van der Waals surface area contributed by atoms with E-state index >= 15 is 0 Å². The minimum absolute atomic E-state index is 0.0828. The molecule has 0 bridgehead atoms. The average molecular weight is 492 g/mol. The predicted molar refractivity (Wildman–Crippen MR) is 122 cm³/mol. The normalized spacial score (nSPS) is 19.7. The van der Waals surface area contributed by atoms with Gasteiger partial charge in [-0.05, 0) is 38.6 Å². The molecule has 168 valence electrons. The van der Waals surface area contributed by atoms with Crippen molar-refractivity contribution in [1.29, 1.82) is 0 Å². The van der Waals surface area contributed by atoms with E-state index in [1.54, 1.807) is 0 Å². The first-order valence-corrected chi connectivity index (χ1v) is 11.1. The van der Waals surface area contributed by atoms with Gasteiger partial charge in [-0.25, -0.2) is 9.78 Å². The SMILES string of the molecule is COC(=O)NC(C(=O)N1C[C@@H](N(C)C)C[C@H]1c1nc(-c2ccc(Br)cc2)c[nH]1)C(C)C. The molecule has 0 aliphatic carbocycles. The van der Waals surface area contributed by atoms with Gasteiger partial charge in [0.1, 0.15) is 11.9 Å². The van der Waals surface area contributed by atoms with Gasteiger partial charge in [0.05, 0.1) is 18.8 Å². The molecule has 8 nitrogen and oxygen atoms in total. The Balaban J connectivity index is 1.89. The maximum atomic E-state index is 13.5. The van der Waals surface area contributed by atoms with Gasteiger partial charge in [-0.2, -0.15) is 0 Å². The van der Waals surface area contributed by atoms with Gasteiger partial charge in [0.25, 0.3) is 0 Å². The molecule has 1 fully saturated rings. The number of H-pyrrole nitrogens is 1. The second kappa shape index (κ2) is 9.82. The average Bonchev–Trinajstić information content (AvgIpc) is 3.39. The molecule has 0 spiro atoms. The lowest BCUT2D eigenvalue weighted by Crippen LogP contribution is -2.51. The van der Waals surface area contributed by atoms with E-state index in [0.717, 1.165) is 28.0 Å². The lowest BCUT2D eigenvalue weighted by molar-refractivity contribution is -0.135. The fourth-order valence-electron chi connectivity index (χ4n) is 3.84. The van der Waals surface area contributed by atoms with Gasteiger partial charge in [-0.1, -0.05) is 41.9 Å². The molecular formula is C22H30BrN5O3. The van der Waals surface area contributed by atoms with Gasteiger partial charge in [0, 0.05) is 28.8 Å². The minimum atomic E-state index is -0.670. The van der Waals surface area contributed by atoms with E-state index in [1.165, 1.54) is 7.11 Å². The topological polar surface area (TPSA) is 90.6 Å². The van der Waals surface area contributed by atoms with Crippen LogP contribution in [-0.4, -0.2) is 71.6 Å². The van der Waals surface area contributed by atoms with Gasteiger partial charge in [0.2, 0.25) is 5.91 Å². The third-order valence-corrected chi connectivity index (χ3v) is 6.27. The molecule has 1 aliphatic rings. The highest BCUT2D eigenvalue weighted by Gasteiger charge is 2.42. The summed E-state index contributed by atoms with van der Waals surface area (Å²) in [4.78, 5) is 37.3. The van der Waals surface area contributed by atoms with Crippen molar-refractivity contribution in [3.8, 4) is 11.3 Å². The Bertz CT molecular complexity index is 912. The maximum Gasteiger partial charge on any atom is 0.407 e. The summed E-state index contributed by atoms with van der Waals surface area (Å²) >= 11 is 3.45. The van der Waals surface area contributed by atoms with Crippen LogP contribution in [0.4, 0.5) is 4.79 Å². The van der Waals surface area contributed by atoms with Crippen LogP contribution in [-0.2, 0) is 9.53 Å². The first-order valence-electron chi connectivity index (χ1n) is 10.3. The van der Waals surface area contributed by atoms with Crippen LogP contribution in [0.2, 0.25) is 0 Å². The summed E-state index contributed by atoms with van der Waals surface area (Å²) in [5.41, 5.74) is 1.83. The minimum Gasteiger partial charge on any atom is -0.453 e. The van der Waals surface area contributed by atoms with Gasteiger partial charge >= 0.3 is 6.09 Å². The number of nitrogens with one attached hydrogen (secondary N) is 2. The Kier molecular flexibility index (Phi) is 7.38. The van der Waals surface area contributed by atoms with E-state index in [2.05, 4.69) is 31.1 Å². The molecule has 9 heteroatoms. The molecule has 1 aliphatic heterocycles. The number of aromatic amines is 1. The summed E-state index contributed by atoms with van der Waals surface area (Å²) in [6, 6.07) is 7.27. The Morgan fingerprint density at radius 3 is 2.55 bits per heavy atom. The molecule has 3 rings (SSSR count). The Labute approximate surface area is 191 Å². The van der Waals surface area contributed by atoms with Crippen molar-refractivity contribution < 1.29 is 14.3 Å². The summed E-state index contributed by atoms with van der Waals surface area (Å²) in [6.45, 7) is 4.38. The monoisotopic (exact) mass is 491 g/mol. The van der Waals surface area contributed by atoms with Gasteiger partial charge in [-0.15, -0.1) is 0 Å². The highest BCUT2D eigenvalue weighted by atomic mass is 79.9. The van der Waals surface area contributed by atoms with E-state index in [4.69, 9.17) is 9.72 Å². The molecule has 1 aromatic carbocycles. The van der Waals surface area contributed by atoms with Crippen molar-refractivity contribution in [2.75, 3.05) is 27.7 Å². The highest BCUT2D eigenvalue weighted by Crippen LogP contribution is 2.34. The van der Waals surface area contributed by atoms with Crippen molar-refractivity contribution in [3.05, 3.63) is 40.8 Å². The number of ether oxygens (including phenoxy) is 1. The number of methoxy groups -OCH3 is 1. The van der Waals surface area contributed by atoms with Crippen molar-refractivity contribution >= 4 is 27.9 Å². The molecule has 1 aromatic heterocycles. The summed E-state index contributed by atoms with van der Waals surface area (Å²) < 4.78 is 5.73. The highest BCUT2D eigenvalue weighted by molar-refractivity contribution is 9.10. The van der Waals surface area contributed by atoms with Crippen LogP contribution < -0.4 is 5.32 Å². The molecule has 2 N–H and O–H groups in total. The number of benzene rings is 1. The number of carbonyl (C=O) groups excluding carboxylic acids is 2. The number of hydrogen-bond donors (Lipinski definition) is 2. The van der Waals surface area contributed by atoms with Crippen LogP contribution in [0.3, 0.4) is 0 Å². The first-order chi connectivity index (χ1) is 14.7. The van der Waals surface area contributed by atoms with Gasteiger partial charge in [0.15, 0.2) is 0 Å². The number of likely N-dealkylation sites (tertiary alicyclic amines) is 1. The molecule has 2 heterocycles. The number of aromatic nitrogens is 2. The largest absolute Gasteiger partial charge is 0.453 e. The third kappa shape index (κ3) is 5.27. The first kappa shape index (κ1) is 23.3. The standard InChI is InChI=1S/C22H30BrN5O3/c1-13(2)19(26-22(30)31-5)21(29)28-12-16(27(3)4)10-18(28)20-24-11-17(25-20)14-6-8-15(23)9-7-14/h6-9,11,13,16,18-19H,10,12H2,1-5H3,(H,24,25)(H,26,30)/t16-,18-,19?/m0/s1. The second-order valence-electron chi connectivity index (χ2n) is 8.39. The zero-order chi connectivity index (χ0) is 22.7. The fraction of sp³-hybridized carbons (Fsp3) is 0.500.